The second kappa shape index (κ2) is 4.77. The largest absolute Gasteiger partial charge is 0.387 e. The number of aliphatic hydroxyl groups excluding tert-OH is 1. The van der Waals surface area contributed by atoms with Crippen LogP contribution >= 0.6 is 0 Å². The van der Waals surface area contributed by atoms with Crippen LogP contribution in [0.3, 0.4) is 0 Å². The number of aliphatic hydroxyl groups is 1. The lowest BCUT2D eigenvalue weighted by molar-refractivity contribution is 0.125. The third kappa shape index (κ3) is 2.80. The zero-order valence-electron chi connectivity index (χ0n) is 9.99. The van der Waals surface area contributed by atoms with Gasteiger partial charge in [0.2, 0.25) is 0 Å². The molecule has 0 radical (unpaired) electrons. The molecule has 1 aromatic rings. The molecule has 0 spiro atoms. The van der Waals surface area contributed by atoms with E-state index in [1.807, 2.05) is 39.0 Å². The molecular weight excluding hydrogens is 186 g/mol. The summed E-state index contributed by atoms with van der Waals surface area (Å²) in [5.74, 6) is 0.279. The summed E-state index contributed by atoms with van der Waals surface area (Å²) in [5, 5.41) is 10.0. The number of nitrogens with two attached hydrogens (primary N) is 1. The summed E-state index contributed by atoms with van der Waals surface area (Å²) in [6.45, 7) is 8.16. The molecule has 0 aliphatic rings. The van der Waals surface area contributed by atoms with E-state index in [0.717, 1.165) is 5.56 Å². The predicted molar refractivity (Wildman–Crippen MR) is 63.7 cm³/mol. The van der Waals surface area contributed by atoms with E-state index in [9.17, 15) is 5.11 Å². The molecule has 15 heavy (non-hydrogen) atoms. The van der Waals surface area contributed by atoms with Crippen molar-refractivity contribution in [3.63, 3.8) is 0 Å². The van der Waals surface area contributed by atoms with Crippen LogP contribution in [-0.2, 0) is 0 Å². The molecule has 0 aromatic heterocycles. The average Bonchev–Trinajstić information content (AvgIpc) is 2.19. The number of aryl methyl sites for hydroxylation is 2. The Bertz CT molecular complexity index is 333. The Kier molecular flexibility index (Phi) is 3.89. The van der Waals surface area contributed by atoms with Gasteiger partial charge in [0.05, 0.1) is 6.10 Å². The minimum absolute atomic E-state index is 0.202. The van der Waals surface area contributed by atoms with Gasteiger partial charge in [0.1, 0.15) is 0 Å². The van der Waals surface area contributed by atoms with Crippen LogP contribution in [0.15, 0.2) is 18.2 Å². The smallest absolute Gasteiger partial charge is 0.0943 e. The van der Waals surface area contributed by atoms with E-state index in [4.69, 9.17) is 5.73 Å². The molecule has 0 amide bonds. The van der Waals surface area contributed by atoms with Crippen molar-refractivity contribution >= 4 is 0 Å². The van der Waals surface area contributed by atoms with Crippen molar-refractivity contribution in [2.45, 2.75) is 39.8 Å². The van der Waals surface area contributed by atoms with Crippen LogP contribution in [0.5, 0.6) is 0 Å². The Morgan fingerprint density at radius 3 is 2.20 bits per heavy atom. The Morgan fingerprint density at radius 1 is 1.13 bits per heavy atom. The molecule has 84 valence electrons. The quantitative estimate of drug-likeness (QED) is 0.799. The highest BCUT2D eigenvalue weighted by atomic mass is 16.3. The predicted octanol–water partition coefficient (Wildman–Crippen LogP) is 2.32. The van der Waals surface area contributed by atoms with Gasteiger partial charge in [-0.05, 0) is 36.5 Å². The molecule has 1 rings (SSSR count). The monoisotopic (exact) mass is 207 g/mol. The molecule has 0 bridgehead atoms. The van der Waals surface area contributed by atoms with Gasteiger partial charge in [-0.15, -0.1) is 0 Å². The van der Waals surface area contributed by atoms with Gasteiger partial charge in [-0.1, -0.05) is 32.0 Å². The molecule has 0 saturated heterocycles. The fourth-order valence-electron chi connectivity index (χ4n) is 1.54. The molecule has 1 aromatic carbocycles. The van der Waals surface area contributed by atoms with Gasteiger partial charge in [-0.3, -0.25) is 0 Å². The highest BCUT2D eigenvalue weighted by Crippen LogP contribution is 2.22. The molecular formula is C13H21NO. The summed E-state index contributed by atoms with van der Waals surface area (Å²) >= 11 is 0. The van der Waals surface area contributed by atoms with Gasteiger partial charge in [-0.2, -0.15) is 0 Å². The second-order valence-electron chi connectivity index (χ2n) is 4.61. The first-order valence-electron chi connectivity index (χ1n) is 5.44. The minimum atomic E-state index is -0.565. The fraction of sp³-hybridized carbons (Fsp3) is 0.538. The van der Waals surface area contributed by atoms with Crippen molar-refractivity contribution in [3.05, 3.63) is 34.9 Å². The first-order valence-corrected chi connectivity index (χ1v) is 5.44. The maximum absolute atomic E-state index is 10.0. The highest BCUT2D eigenvalue weighted by Gasteiger charge is 2.19. The van der Waals surface area contributed by atoms with E-state index in [-0.39, 0.29) is 12.0 Å². The van der Waals surface area contributed by atoms with Crippen molar-refractivity contribution in [2.75, 3.05) is 0 Å². The maximum Gasteiger partial charge on any atom is 0.0943 e. The van der Waals surface area contributed by atoms with Crippen LogP contribution < -0.4 is 5.73 Å². The Morgan fingerprint density at radius 2 is 1.73 bits per heavy atom. The van der Waals surface area contributed by atoms with E-state index >= 15 is 0 Å². The molecule has 2 atom stereocenters. The lowest BCUT2D eigenvalue weighted by Gasteiger charge is -2.23. The molecule has 2 unspecified atom stereocenters. The summed E-state index contributed by atoms with van der Waals surface area (Å²) in [5.41, 5.74) is 9.28. The van der Waals surface area contributed by atoms with Gasteiger partial charge in [0.15, 0.2) is 0 Å². The van der Waals surface area contributed by atoms with Crippen LogP contribution in [0.1, 0.15) is 36.6 Å². The summed E-state index contributed by atoms with van der Waals surface area (Å²) in [6.07, 6.45) is -0.565. The van der Waals surface area contributed by atoms with Gasteiger partial charge in [0.25, 0.3) is 0 Å². The van der Waals surface area contributed by atoms with Crippen LogP contribution in [0.25, 0.3) is 0 Å². The summed E-state index contributed by atoms with van der Waals surface area (Å²) in [7, 11) is 0. The first kappa shape index (κ1) is 12.2. The van der Waals surface area contributed by atoms with Crippen LogP contribution in [0.2, 0.25) is 0 Å². The molecule has 0 heterocycles. The first-order chi connectivity index (χ1) is 6.93. The van der Waals surface area contributed by atoms with Crippen molar-refractivity contribution in [3.8, 4) is 0 Å². The molecule has 0 saturated carbocycles. The van der Waals surface area contributed by atoms with Crippen LogP contribution in [0.4, 0.5) is 0 Å². The van der Waals surface area contributed by atoms with E-state index in [1.54, 1.807) is 0 Å². The number of hydrogen-bond donors (Lipinski definition) is 2. The van der Waals surface area contributed by atoms with E-state index in [2.05, 4.69) is 6.92 Å². The lowest BCUT2D eigenvalue weighted by atomic mass is 9.93. The second-order valence-corrected chi connectivity index (χ2v) is 4.61. The third-order valence-corrected chi connectivity index (χ3v) is 3.01. The maximum atomic E-state index is 10.0. The number of benzene rings is 1. The SMILES string of the molecule is Cc1ccc(C(O)C(N)C(C)C)cc1C. The van der Waals surface area contributed by atoms with Crippen molar-refractivity contribution in [1.29, 1.82) is 0 Å². The Hall–Kier alpha value is -0.860. The molecule has 2 heteroatoms. The highest BCUT2D eigenvalue weighted by molar-refractivity contribution is 5.31. The fourth-order valence-corrected chi connectivity index (χ4v) is 1.54. The van der Waals surface area contributed by atoms with Crippen molar-refractivity contribution in [1.82, 2.24) is 0 Å². The zero-order chi connectivity index (χ0) is 11.6. The summed E-state index contributed by atoms with van der Waals surface area (Å²) in [6, 6.07) is 5.80. The topological polar surface area (TPSA) is 46.2 Å². The van der Waals surface area contributed by atoms with E-state index < -0.39 is 6.10 Å². The normalized spacial score (nSPS) is 15.4. The molecule has 0 fully saturated rings. The van der Waals surface area contributed by atoms with Gasteiger partial charge >= 0.3 is 0 Å². The van der Waals surface area contributed by atoms with Gasteiger partial charge in [-0.25, -0.2) is 0 Å². The Labute approximate surface area is 92.1 Å². The minimum Gasteiger partial charge on any atom is -0.387 e. The molecule has 0 aliphatic carbocycles. The van der Waals surface area contributed by atoms with Crippen molar-refractivity contribution in [2.24, 2.45) is 11.7 Å². The molecule has 0 aliphatic heterocycles. The van der Waals surface area contributed by atoms with Crippen LogP contribution in [-0.4, -0.2) is 11.1 Å². The lowest BCUT2D eigenvalue weighted by Crippen LogP contribution is -2.33. The zero-order valence-corrected chi connectivity index (χ0v) is 9.99. The van der Waals surface area contributed by atoms with Gasteiger partial charge in [0, 0.05) is 6.04 Å². The average molecular weight is 207 g/mol. The standard InChI is InChI=1S/C13H21NO/c1-8(2)12(14)13(15)11-6-5-9(3)10(4)7-11/h5-8,12-13,15H,14H2,1-4H3. The number of rotatable bonds is 3. The molecule has 3 N–H and O–H groups in total. The van der Waals surface area contributed by atoms with E-state index in [0.29, 0.717) is 0 Å². The molecule has 2 nitrogen and oxygen atoms in total. The van der Waals surface area contributed by atoms with Crippen molar-refractivity contribution < 1.29 is 5.11 Å². The number of hydrogen-bond acceptors (Lipinski definition) is 2. The summed E-state index contributed by atoms with van der Waals surface area (Å²) in [4.78, 5) is 0. The van der Waals surface area contributed by atoms with Crippen LogP contribution in [0, 0.1) is 19.8 Å². The third-order valence-electron chi connectivity index (χ3n) is 3.01. The van der Waals surface area contributed by atoms with E-state index in [1.165, 1.54) is 11.1 Å². The van der Waals surface area contributed by atoms with Gasteiger partial charge < -0.3 is 10.8 Å². The Balaban J connectivity index is 2.91. The summed E-state index contributed by atoms with van der Waals surface area (Å²) < 4.78 is 0.